The molecule has 0 amide bonds. The Kier molecular flexibility index (Phi) is 4.38. The summed E-state index contributed by atoms with van der Waals surface area (Å²) in [5.41, 5.74) is 10.2. The maximum Gasteiger partial charge on any atom is 0.0532 e. The lowest BCUT2D eigenvalue weighted by atomic mass is 10.1. The fraction of sp³-hybridized carbons (Fsp3) is 0.250. The summed E-state index contributed by atoms with van der Waals surface area (Å²) in [5, 5.41) is 0. The van der Waals surface area contributed by atoms with Crippen LogP contribution in [-0.4, -0.2) is 9.96 Å². The smallest absolute Gasteiger partial charge is 0.0532 e. The van der Waals surface area contributed by atoms with Crippen LogP contribution in [0.1, 0.15) is 16.7 Å². The van der Waals surface area contributed by atoms with Gasteiger partial charge < -0.3 is 5.73 Å². The summed E-state index contributed by atoms with van der Waals surface area (Å²) < 4.78 is 12.3. The van der Waals surface area contributed by atoms with E-state index in [0.717, 1.165) is 22.6 Å². The standard InChI is InChI=1S/C16H19NOS/c1-12-7-8-15(11-13(12)2)19(18)10-9-14-5-3-4-6-16(14)17/h3-8,11H,9-10,17H2,1-2H3. The van der Waals surface area contributed by atoms with E-state index in [4.69, 9.17) is 5.73 Å². The number of para-hydroxylation sites is 1. The Morgan fingerprint density at radius 1 is 1.05 bits per heavy atom. The minimum Gasteiger partial charge on any atom is -0.399 e. The second kappa shape index (κ2) is 6.02. The molecule has 2 N–H and O–H groups in total. The Bertz CT molecular complexity index is 607. The SMILES string of the molecule is Cc1ccc(S(=O)CCc2ccccc2N)cc1C. The average Bonchev–Trinajstić information content (AvgIpc) is 2.40. The van der Waals surface area contributed by atoms with Crippen molar-refractivity contribution in [2.45, 2.75) is 25.2 Å². The second-order valence-corrected chi connectivity index (χ2v) is 6.32. The first kappa shape index (κ1) is 13.8. The highest BCUT2D eigenvalue weighted by Gasteiger charge is 2.06. The molecular weight excluding hydrogens is 254 g/mol. The van der Waals surface area contributed by atoms with Gasteiger partial charge in [0.25, 0.3) is 0 Å². The maximum atomic E-state index is 12.3. The summed E-state index contributed by atoms with van der Waals surface area (Å²) in [6.45, 7) is 4.11. The van der Waals surface area contributed by atoms with Gasteiger partial charge in [-0.15, -0.1) is 0 Å². The minimum atomic E-state index is -0.966. The highest BCUT2D eigenvalue weighted by Crippen LogP contribution is 2.16. The van der Waals surface area contributed by atoms with Crippen molar-refractivity contribution in [1.82, 2.24) is 0 Å². The third-order valence-electron chi connectivity index (χ3n) is 3.35. The fourth-order valence-electron chi connectivity index (χ4n) is 1.94. The quantitative estimate of drug-likeness (QED) is 0.869. The van der Waals surface area contributed by atoms with Gasteiger partial charge in [0.2, 0.25) is 0 Å². The van der Waals surface area contributed by atoms with Crippen LogP contribution >= 0.6 is 0 Å². The molecule has 0 aliphatic rings. The Balaban J connectivity index is 2.05. The summed E-state index contributed by atoms with van der Waals surface area (Å²) in [5.74, 6) is 0.608. The largest absolute Gasteiger partial charge is 0.399 e. The Labute approximate surface area is 117 Å². The summed E-state index contributed by atoms with van der Waals surface area (Å²) in [7, 11) is -0.966. The van der Waals surface area contributed by atoms with E-state index in [9.17, 15) is 4.21 Å². The molecule has 0 aliphatic carbocycles. The molecular formula is C16H19NOS. The third kappa shape index (κ3) is 3.44. The van der Waals surface area contributed by atoms with Crippen molar-refractivity contribution in [3.05, 3.63) is 59.2 Å². The summed E-state index contributed by atoms with van der Waals surface area (Å²) in [6, 6.07) is 13.7. The molecule has 3 heteroatoms. The predicted octanol–water partition coefficient (Wildman–Crippen LogP) is 3.24. The molecule has 0 aliphatic heterocycles. The second-order valence-electron chi connectivity index (χ2n) is 4.74. The van der Waals surface area contributed by atoms with Crippen LogP contribution in [0, 0.1) is 13.8 Å². The van der Waals surface area contributed by atoms with Crippen LogP contribution in [0.25, 0.3) is 0 Å². The van der Waals surface area contributed by atoms with E-state index in [-0.39, 0.29) is 0 Å². The zero-order chi connectivity index (χ0) is 13.8. The van der Waals surface area contributed by atoms with Gasteiger partial charge >= 0.3 is 0 Å². The van der Waals surface area contributed by atoms with E-state index in [1.165, 1.54) is 11.1 Å². The van der Waals surface area contributed by atoms with Crippen LogP contribution in [0.5, 0.6) is 0 Å². The molecule has 100 valence electrons. The lowest BCUT2D eigenvalue weighted by Crippen LogP contribution is -2.04. The van der Waals surface area contributed by atoms with Gasteiger partial charge in [0.15, 0.2) is 0 Å². The van der Waals surface area contributed by atoms with Crippen molar-refractivity contribution < 1.29 is 4.21 Å². The van der Waals surface area contributed by atoms with Crippen LogP contribution in [-0.2, 0) is 17.2 Å². The van der Waals surface area contributed by atoms with Gasteiger partial charge in [-0.05, 0) is 55.2 Å². The summed E-state index contributed by atoms with van der Waals surface area (Å²) in [6.07, 6.45) is 0.742. The van der Waals surface area contributed by atoms with Crippen LogP contribution in [0.15, 0.2) is 47.4 Å². The van der Waals surface area contributed by atoms with Gasteiger partial charge in [-0.1, -0.05) is 24.3 Å². The molecule has 0 aromatic heterocycles. The fourth-order valence-corrected chi connectivity index (χ4v) is 3.11. The van der Waals surface area contributed by atoms with Crippen molar-refractivity contribution >= 4 is 16.5 Å². The normalized spacial score (nSPS) is 12.3. The van der Waals surface area contributed by atoms with Crippen molar-refractivity contribution in [2.75, 3.05) is 11.5 Å². The molecule has 0 bridgehead atoms. The van der Waals surface area contributed by atoms with Crippen molar-refractivity contribution in [1.29, 1.82) is 0 Å². The van der Waals surface area contributed by atoms with Gasteiger partial charge in [0, 0.05) is 16.3 Å². The monoisotopic (exact) mass is 273 g/mol. The summed E-state index contributed by atoms with van der Waals surface area (Å²) in [4.78, 5) is 0.901. The van der Waals surface area contributed by atoms with E-state index in [0.29, 0.717) is 5.75 Å². The van der Waals surface area contributed by atoms with E-state index in [1.807, 2.05) is 49.4 Å². The molecule has 0 saturated carbocycles. The van der Waals surface area contributed by atoms with Gasteiger partial charge in [0.05, 0.1) is 10.8 Å². The Morgan fingerprint density at radius 2 is 1.79 bits per heavy atom. The van der Waals surface area contributed by atoms with E-state index in [2.05, 4.69) is 6.92 Å². The van der Waals surface area contributed by atoms with Crippen LogP contribution in [0.2, 0.25) is 0 Å². The summed E-state index contributed by atoms with van der Waals surface area (Å²) >= 11 is 0. The van der Waals surface area contributed by atoms with Crippen molar-refractivity contribution in [2.24, 2.45) is 0 Å². The molecule has 2 rings (SSSR count). The molecule has 1 unspecified atom stereocenters. The molecule has 2 aromatic carbocycles. The Morgan fingerprint density at radius 3 is 2.47 bits per heavy atom. The Hall–Kier alpha value is -1.61. The molecule has 1 atom stereocenters. The molecule has 2 nitrogen and oxygen atoms in total. The van der Waals surface area contributed by atoms with E-state index >= 15 is 0 Å². The van der Waals surface area contributed by atoms with Gasteiger partial charge in [-0.2, -0.15) is 0 Å². The first-order chi connectivity index (χ1) is 9.08. The molecule has 0 spiro atoms. The molecule has 0 heterocycles. The highest BCUT2D eigenvalue weighted by atomic mass is 32.2. The van der Waals surface area contributed by atoms with Crippen LogP contribution < -0.4 is 5.73 Å². The maximum absolute atomic E-state index is 12.3. The molecule has 0 fully saturated rings. The molecule has 0 radical (unpaired) electrons. The average molecular weight is 273 g/mol. The van der Waals surface area contributed by atoms with Crippen molar-refractivity contribution in [3.8, 4) is 0 Å². The zero-order valence-electron chi connectivity index (χ0n) is 11.3. The van der Waals surface area contributed by atoms with Gasteiger partial charge in [-0.25, -0.2) is 0 Å². The van der Waals surface area contributed by atoms with E-state index < -0.39 is 10.8 Å². The number of nitrogen functional groups attached to an aromatic ring is 1. The zero-order valence-corrected chi connectivity index (χ0v) is 12.2. The number of hydrogen-bond donors (Lipinski definition) is 1. The third-order valence-corrected chi connectivity index (χ3v) is 4.71. The number of benzene rings is 2. The number of hydrogen-bond acceptors (Lipinski definition) is 2. The predicted molar refractivity (Wildman–Crippen MR) is 81.7 cm³/mol. The highest BCUT2D eigenvalue weighted by molar-refractivity contribution is 7.85. The van der Waals surface area contributed by atoms with Gasteiger partial charge in [0.1, 0.15) is 0 Å². The molecule has 0 saturated heterocycles. The minimum absolute atomic E-state index is 0.608. The number of anilines is 1. The van der Waals surface area contributed by atoms with Crippen molar-refractivity contribution in [3.63, 3.8) is 0 Å². The number of nitrogens with two attached hydrogens (primary N) is 1. The van der Waals surface area contributed by atoms with Crippen LogP contribution in [0.3, 0.4) is 0 Å². The lowest BCUT2D eigenvalue weighted by molar-refractivity contribution is 0.682. The number of aryl methyl sites for hydroxylation is 3. The first-order valence-corrected chi connectivity index (χ1v) is 7.69. The number of rotatable bonds is 4. The first-order valence-electron chi connectivity index (χ1n) is 6.37. The lowest BCUT2D eigenvalue weighted by Gasteiger charge is -2.07. The molecule has 2 aromatic rings. The van der Waals surface area contributed by atoms with Crippen LogP contribution in [0.4, 0.5) is 5.69 Å². The van der Waals surface area contributed by atoms with E-state index in [1.54, 1.807) is 0 Å². The topological polar surface area (TPSA) is 43.1 Å². The van der Waals surface area contributed by atoms with Gasteiger partial charge in [-0.3, -0.25) is 4.21 Å². The molecule has 19 heavy (non-hydrogen) atoms.